The van der Waals surface area contributed by atoms with Crippen molar-refractivity contribution in [3.8, 4) is 0 Å². The van der Waals surface area contributed by atoms with Crippen LogP contribution in [-0.2, 0) is 13.0 Å². The van der Waals surface area contributed by atoms with Gasteiger partial charge in [-0.05, 0) is 37.3 Å². The number of aromatic nitrogens is 1. The highest BCUT2D eigenvalue weighted by atomic mass is 35.5. The molecule has 0 spiro atoms. The number of nitrogens with zero attached hydrogens (tertiary/aromatic N) is 1. The molecule has 2 aliphatic rings. The Morgan fingerprint density at radius 2 is 2.00 bits per heavy atom. The Bertz CT molecular complexity index is 644. The van der Waals surface area contributed by atoms with Gasteiger partial charge < -0.3 is 5.32 Å². The number of hydrogen-bond acceptors (Lipinski definition) is 3. The molecule has 2 fully saturated rings. The van der Waals surface area contributed by atoms with Crippen molar-refractivity contribution in [1.82, 2.24) is 10.3 Å². The summed E-state index contributed by atoms with van der Waals surface area (Å²) < 4.78 is 0. The maximum Gasteiger partial charge on any atom is 0.0976 e. The zero-order valence-corrected chi connectivity index (χ0v) is 13.5. The Balaban J connectivity index is 1.54. The van der Waals surface area contributed by atoms with Crippen LogP contribution in [0.4, 0.5) is 0 Å². The van der Waals surface area contributed by atoms with Gasteiger partial charge >= 0.3 is 0 Å². The summed E-state index contributed by atoms with van der Waals surface area (Å²) >= 11 is 8.14. The van der Waals surface area contributed by atoms with Crippen LogP contribution in [0, 0.1) is 0 Å². The van der Waals surface area contributed by atoms with Crippen molar-refractivity contribution < 1.29 is 0 Å². The van der Waals surface area contributed by atoms with Gasteiger partial charge in [-0.15, -0.1) is 11.3 Å². The van der Waals surface area contributed by atoms with Crippen LogP contribution in [0.25, 0.3) is 0 Å². The average molecular weight is 319 g/mol. The van der Waals surface area contributed by atoms with Gasteiger partial charge in [0.05, 0.1) is 10.7 Å². The van der Waals surface area contributed by atoms with Gasteiger partial charge in [-0.25, -0.2) is 4.98 Å². The minimum Gasteiger partial charge on any atom is -0.309 e. The Morgan fingerprint density at radius 3 is 2.71 bits per heavy atom. The van der Waals surface area contributed by atoms with Crippen molar-refractivity contribution >= 4 is 22.9 Å². The van der Waals surface area contributed by atoms with Crippen molar-refractivity contribution in [1.29, 1.82) is 0 Å². The van der Waals surface area contributed by atoms with Gasteiger partial charge in [-0.1, -0.05) is 29.8 Å². The molecule has 1 N–H and O–H groups in total. The van der Waals surface area contributed by atoms with E-state index in [2.05, 4.69) is 11.4 Å². The van der Waals surface area contributed by atoms with E-state index in [1.54, 1.807) is 0 Å². The number of thiazole rings is 1. The van der Waals surface area contributed by atoms with Crippen LogP contribution in [0.15, 0.2) is 24.3 Å². The summed E-state index contributed by atoms with van der Waals surface area (Å²) in [6, 6.07) is 8.84. The largest absolute Gasteiger partial charge is 0.309 e. The van der Waals surface area contributed by atoms with E-state index in [0.29, 0.717) is 0 Å². The first kappa shape index (κ1) is 13.7. The topological polar surface area (TPSA) is 24.9 Å². The fraction of sp³-hybridized carbons (Fsp3) is 0.471. The Kier molecular flexibility index (Phi) is 3.74. The SMILES string of the molecule is Clc1ccccc1Cc1nc(C2CC2)c(CNC2CC2)s1. The van der Waals surface area contributed by atoms with Gasteiger partial charge in [0.1, 0.15) is 0 Å². The molecular formula is C17H19ClN2S. The minimum atomic E-state index is 0.720. The fourth-order valence-corrected chi connectivity index (χ4v) is 3.95. The van der Waals surface area contributed by atoms with Crippen LogP contribution in [0.1, 0.15) is 52.7 Å². The molecule has 1 aromatic heterocycles. The van der Waals surface area contributed by atoms with Crippen molar-refractivity contribution in [2.45, 2.75) is 50.6 Å². The zero-order chi connectivity index (χ0) is 14.2. The van der Waals surface area contributed by atoms with Crippen LogP contribution >= 0.6 is 22.9 Å². The highest BCUT2D eigenvalue weighted by Crippen LogP contribution is 2.43. The van der Waals surface area contributed by atoms with E-state index in [1.807, 2.05) is 29.5 Å². The second-order valence-electron chi connectivity index (χ2n) is 6.11. The summed E-state index contributed by atoms with van der Waals surface area (Å²) in [5.74, 6) is 0.720. The van der Waals surface area contributed by atoms with Crippen LogP contribution < -0.4 is 5.32 Å². The third-order valence-corrected chi connectivity index (χ3v) is 5.60. The Hall–Kier alpha value is -0.900. The molecule has 0 radical (unpaired) electrons. The fourth-order valence-electron chi connectivity index (χ4n) is 2.62. The first-order chi connectivity index (χ1) is 10.3. The van der Waals surface area contributed by atoms with Crippen molar-refractivity contribution in [2.24, 2.45) is 0 Å². The monoisotopic (exact) mass is 318 g/mol. The summed E-state index contributed by atoms with van der Waals surface area (Å²) in [6.07, 6.45) is 6.15. The van der Waals surface area contributed by atoms with E-state index in [4.69, 9.17) is 16.6 Å². The van der Waals surface area contributed by atoms with Crippen LogP contribution in [0.2, 0.25) is 5.02 Å². The molecule has 21 heavy (non-hydrogen) atoms. The average Bonchev–Trinajstić information content (AvgIpc) is 3.39. The highest BCUT2D eigenvalue weighted by Gasteiger charge is 2.30. The minimum absolute atomic E-state index is 0.720. The molecule has 110 valence electrons. The Morgan fingerprint density at radius 1 is 1.19 bits per heavy atom. The first-order valence-electron chi connectivity index (χ1n) is 7.75. The number of halogens is 1. The Labute approximate surface area is 134 Å². The lowest BCUT2D eigenvalue weighted by Gasteiger charge is -2.01. The van der Waals surface area contributed by atoms with E-state index in [0.717, 1.165) is 29.9 Å². The lowest BCUT2D eigenvalue weighted by molar-refractivity contribution is 0.688. The van der Waals surface area contributed by atoms with Gasteiger partial charge in [-0.3, -0.25) is 0 Å². The molecule has 1 aromatic carbocycles. The third kappa shape index (κ3) is 3.31. The van der Waals surface area contributed by atoms with Crippen LogP contribution in [-0.4, -0.2) is 11.0 Å². The second kappa shape index (κ2) is 5.71. The van der Waals surface area contributed by atoms with Crippen molar-refractivity contribution in [3.63, 3.8) is 0 Å². The van der Waals surface area contributed by atoms with E-state index in [-0.39, 0.29) is 0 Å². The van der Waals surface area contributed by atoms with Gasteiger partial charge in [-0.2, -0.15) is 0 Å². The molecule has 0 unspecified atom stereocenters. The molecule has 2 aliphatic carbocycles. The van der Waals surface area contributed by atoms with E-state index in [9.17, 15) is 0 Å². The van der Waals surface area contributed by atoms with Crippen LogP contribution in [0.3, 0.4) is 0 Å². The van der Waals surface area contributed by atoms with Crippen molar-refractivity contribution in [3.05, 3.63) is 50.4 Å². The molecule has 2 nitrogen and oxygen atoms in total. The number of nitrogens with one attached hydrogen (secondary N) is 1. The maximum atomic E-state index is 6.27. The maximum absolute atomic E-state index is 6.27. The van der Waals surface area contributed by atoms with Crippen molar-refractivity contribution in [2.75, 3.05) is 0 Å². The van der Waals surface area contributed by atoms with Gasteiger partial charge in [0.2, 0.25) is 0 Å². The van der Waals surface area contributed by atoms with E-state index < -0.39 is 0 Å². The number of hydrogen-bond donors (Lipinski definition) is 1. The van der Waals surface area contributed by atoms with E-state index in [1.165, 1.54) is 46.8 Å². The predicted octanol–water partition coefficient (Wildman–Crippen LogP) is 4.52. The lowest BCUT2D eigenvalue weighted by Crippen LogP contribution is -2.15. The standard InChI is InChI=1S/C17H19ClN2S/c18-14-4-2-1-3-12(14)9-16-20-17(11-5-6-11)15(21-16)10-19-13-7-8-13/h1-4,11,13,19H,5-10H2. The van der Waals surface area contributed by atoms with Gasteiger partial charge in [0.25, 0.3) is 0 Å². The van der Waals surface area contributed by atoms with Gasteiger partial charge in [0, 0.05) is 34.8 Å². The molecule has 2 saturated carbocycles. The number of benzene rings is 1. The molecule has 0 atom stereocenters. The molecule has 0 amide bonds. The first-order valence-corrected chi connectivity index (χ1v) is 8.94. The molecule has 0 bridgehead atoms. The molecular weight excluding hydrogens is 300 g/mol. The molecule has 0 aliphatic heterocycles. The smallest absolute Gasteiger partial charge is 0.0976 e. The number of rotatable bonds is 6. The summed E-state index contributed by atoms with van der Waals surface area (Å²) in [5.41, 5.74) is 2.53. The highest BCUT2D eigenvalue weighted by molar-refractivity contribution is 7.11. The molecule has 0 saturated heterocycles. The summed E-state index contributed by atoms with van der Waals surface area (Å²) in [5, 5.41) is 5.68. The third-order valence-electron chi connectivity index (χ3n) is 4.16. The summed E-state index contributed by atoms with van der Waals surface area (Å²) in [6.45, 7) is 0.997. The van der Waals surface area contributed by atoms with Gasteiger partial charge in [0.15, 0.2) is 0 Å². The molecule has 1 heterocycles. The quantitative estimate of drug-likeness (QED) is 0.847. The molecule has 4 heteroatoms. The van der Waals surface area contributed by atoms with Crippen LogP contribution in [0.5, 0.6) is 0 Å². The van der Waals surface area contributed by atoms with E-state index >= 15 is 0 Å². The zero-order valence-electron chi connectivity index (χ0n) is 11.9. The summed E-state index contributed by atoms with van der Waals surface area (Å²) in [4.78, 5) is 6.38. The lowest BCUT2D eigenvalue weighted by atomic mass is 10.1. The second-order valence-corrected chi connectivity index (χ2v) is 7.69. The molecule has 4 rings (SSSR count). The predicted molar refractivity (Wildman–Crippen MR) is 88.2 cm³/mol. The summed E-state index contributed by atoms with van der Waals surface area (Å²) in [7, 11) is 0. The molecule has 2 aromatic rings. The normalized spacial score (nSPS) is 18.1.